The molecule has 0 saturated carbocycles. The fourth-order valence-corrected chi connectivity index (χ4v) is 2.79. The lowest BCUT2D eigenvalue weighted by Crippen LogP contribution is -2.29. The summed E-state index contributed by atoms with van der Waals surface area (Å²) >= 11 is 0. The van der Waals surface area contributed by atoms with Crippen molar-refractivity contribution in [3.8, 4) is 0 Å². The van der Waals surface area contributed by atoms with Crippen LogP contribution in [0, 0.1) is 19.8 Å². The van der Waals surface area contributed by atoms with Gasteiger partial charge in [-0.25, -0.2) is 4.98 Å². The first-order valence-corrected chi connectivity index (χ1v) is 9.00. The fraction of sp³-hybridized carbons (Fsp3) is 0.286. The number of aromatic nitrogens is 2. The van der Waals surface area contributed by atoms with Crippen molar-refractivity contribution in [3.63, 3.8) is 0 Å². The molecule has 2 amide bonds. The van der Waals surface area contributed by atoms with Gasteiger partial charge in [-0.2, -0.15) is 0 Å². The summed E-state index contributed by atoms with van der Waals surface area (Å²) < 4.78 is 1.65. The number of fused-ring (bicyclic) bond motifs is 1. The lowest BCUT2D eigenvalue weighted by atomic mass is 10.1. The first kappa shape index (κ1) is 18.6. The van der Waals surface area contributed by atoms with Gasteiger partial charge in [-0.15, -0.1) is 0 Å². The number of hydrogen-bond donors (Lipinski definition) is 2. The zero-order chi connectivity index (χ0) is 19.6. The Kier molecular flexibility index (Phi) is 5.26. The summed E-state index contributed by atoms with van der Waals surface area (Å²) in [5, 5.41) is 5.77. The molecule has 0 atom stereocenters. The zero-order valence-electron chi connectivity index (χ0n) is 16.0. The number of rotatable bonds is 5. The highest BCUT2D eigenvalue weighted by Crippen LogP contribution is 2.19. The van der Waals surface area contributed by atoms with Crippen LogP contribution in [-0.2, 0) is 0 Å². The van der Waals surface area contributed by atoms with Crippen molar-refractivity contribution in [1.29, 1.82) is 0 Å². The molecule has 140 valence electrons. The molecule has 1 aromatic carbocycles. The van der Waals surface area contributed by atoms with Gasteiger partial charge < -0.3 is 10.6 Å². The number of anilines is 1. The molecule has 6 heteroatoms. The maximum Gasteiger partial charge on any atom is 0.287 e. The summed E-state index contributed by atoms with van der Waals surface area (Å²) in [4.78, 5) is 29.8. The maximum absolute atomic E-state index is 12.9. The molecule has 0 fully saturated rings. The molecule has 2 aromatic heterocycles. The van der Waals surface area contributed by atoms with Gasteiger partial charge >= 0.3 is 0 Å². The molecular formula is C21H24N4O2. The third-order valence-corrected chi connectivity index (χ3v) is 4.28. The van der Waals surface area contributed by atoms with Gasteiger partial charge in [0.2, 0.25) is 5.82 Å². The Morgan fingerprint density at radius 2 is 1.89 bits per heavy atom. The molecule has 0 aliphatic rings. The molecule has 3 rings (SSSR count). The Labute approximate surface area is 158 Å². The summed E-state index contributed by atoms with van der Waals surface area (Å²) in [6.07, 6.45) is 1.74. The highest BCUT2D eigenvalue weighted by molar-refractivity contribution is 6.09. The summed E-state index contributed by atoms with van der Waals surface area (Å²) in [7, 11) is 0. The van der Waals surface area contributed by atoms with Crippen molar-refractivity contribution in [3.05, 3.63) is 65.2 Å². The number of nitrogens with one attached hydrogen (secondary N) is 2. The van der Waals surface area contributed by atoms with E-state index in [-0.39, 0.29) is 23.3 Å². The van der Waals surface area contributed by atoms with Crippen LogP contribution in [0.1, 0.15) is 46.1 Å². The largest absolute Gasteiger partial charge is 0.349 e. The van der Waals surface area contributed by atoms with E-state index in [0.717, 1.165) is 16.8 Å². The number of carbonyl (C=O) groups is 2. The van der Waals surface area contributed by atoms with E-state index in [9.17, 15) is 9.59 Å². The van der Waals surface area contributed by atoms with Crippen LogP contribution in [-0.4, -0.2) is 27.7 Å². The van der Waals surface area contributed by atoms with Crippen LogP contribution >= 0.6 is 0 Å². The van der Waals surface area contributed by atoms with Crippen LogP contribution < -0.4 is 10.6 Å². The minimum Gasteiger partial charge on any atom is -0.349 e. The number of nitrogens with zero attached hydrogens (tertiary/aromatic N) is 2. The molecular weight excluding hydrogens is 340 g/mol. The first-order chi connectivity index (χ1) is 12.9. The highest BCUT2D eigenvalue weighted by Gasteiger charge is 2.21. The average Bonchev–Trinajstić information content (AvgIpc) is 3.02. The highest BCUT2D eigenvalue weighted by atomic mass is 16.2. The van der Waals surface area contributed by atoms with Gasteiger partial charge in [-0.1, -0.05) is 32.0 Å². The number of aryl methyl sites for hydroxylation is 2. The number of hydrogen-bond acceptors (Lipinski definition) is 3. The van der Waals surface area contributed by atoms with Crippen molar-refractivity contribution in [2.45, 2.75) is 27.7 Å². The lowest BCUT2D eigenvalue weighted by Gasteiger charge is -2.08. The van der Waals surface area contributed by atoms with Crippen molar-refractivity contribution in [1.82, 2.24) is 14.7 Å². The quantitative estimate of drug-likeness (QED) is 0.726. The van der Waals surface area contributed by atoms with Crippen molar-refractivity contribution in [2.75, 3.05) is 11.9 Å². The van der Waals surface area contributed by atoms with Crippen LogP contribution in [0.3, 0.4) is 0 Å². The molecule has 0 spiro atoms. The predicted molar refractivity (Wildman–Crippen MR) is 106 cm³/mol. The molecule has 0 aliphatic carbocycles. The number of carbonyl (C=O) groups excluding carboxylic acids is 2. The van der Waals surface area contributed by atoms with E-state index in [1.165, 1.54) is 0 Å². The first-order valence-electron chi connectivity index (χ1n) is 9.00. The Morgan fingerprint density at radius 1 is 1.11 bits per heavy atom. The van der Waals surface area contributed by atoms with E-state index in [0.29, 0.717) is 18.0 Å². The molecule has 0 unspecified atom stereocenters. The van der Waals surface area contributed by atoms with Crippen LogP contribution in [0.4, 0.5) is 5.69 Å². The van der Waals surface area contributed by atoms with E-state index in [1.54, 1.807) is 22.7 Å². The Hall–Kier alpha value is -3.15. The molecule has 27 heavy (non-hydrogen) atoms. The number of benzene rings is 1. The van der Waals surface area contributed by atoms with E-state index >= 15 is 0 Å². The maximum atomic E-state index is 12.9. The Balaban J connectivity index is 1.95. The van der Waals surface area contributed by atoms with Crippen LogP contribution in [0.25, 0.3) is 5.52 Å². The van der Waals surface area contributed by atoms with E-state index in [1.807, 2.05) is 52.0 Å². The molecule has 0 radical (unpaired) electrons. The third kappa shape index (κ3) is 4.00. The van der Waals surface area contributed by atoms with Crippen LogP contribution in [0.5, 0.6) is 0 Å². The minimum atomic E-state index is -0.338. The number of pyridine rings is 1. The summed E-state index contributed by atoms with van der Waals surface area (Å²) in [6.45, 7) is 8.49. The standard InChI is InChI=1S/C21H24N4O2/c1-13(2)12-22-21(27)19-24-18(17-7-5-6-10-25(17)19)20(26)23-16-11-14(3)8-9-15(16)4/h5-11,13H,12H2,1-4H3,(H,22,27)(H,23,26). The molecule has 3 aromatic rings. The van der Waals surface area contributed by atoms with Gasteiger partial charge in [-0.05, 0) is 49.1 Å². The summed E-state index contributed by atoms with van der Waals surface area (Å²) in [6, 6.07) is 11.3. The molecule has 2 N–H and O–H groups in total. The van der Waals surface area contributed by atoms with Gasteiger partial charge in [0, 0.05) is 18.4 Å². The Morgan fingerprint density at radius 3 is 2.63 bits per heavy atom. The molecule has 2 heterocycles. The van der Waals surface area contributed by atoms with Gasteiger partial charge in [0.15, 0.2) is 5.69 Å². The normalized spacial score (nSPS) is 11.0. The van der Waals surface area contributed by atoms with Crippen LogP contribution in [0.2, 0.25) is 0 Å². The Bertz CT molecular complexity index is 1000. The van der Waals surface area contributed by atoms with E-state index < -0.39 is 0 Å². The topological polar surface area (TPSA) is 75.5 Å². The SMILES string of the molecule is Cc1ccc(C)c(NC(=O)c2nc(C(=O)NCC(C)C)n3ccccc23)c1. The molecule has 0 aliphatic heterocycles. The van der Waals surface area contributed by atoms with E-state index in [2.05, 4.69) is 15.6 Å². The molecule has 0 saturated heterocycles. The van der Waals surface area contributed by atoms with Crippen molar-refractivity contribution >= 4 is 23.0 Å². The lowest BCUT2D eigenvalue weighted by molar-refractivity contribution is 0.0938. The van der Waals surface area contributed by atoms with Crippen molar-refractivity contribution in [2.24, 2.45) is 5.92 Å². The number of imidazole rings is 1. The van der Waals surface area contributed by atoms with Gasteiger partial charge in [0.05, 0.1) is 5.52 Å². The van der Waals surface area contributed by atoms with Crippen LogP contribution in [0.15, 0.2) is 42.6 Å². The van der Waals surface area contributed by atoms with Gasteiger partial charge in [0.25, 0.3) is 11.8 Å². The average molecular weight is 364 g/mol. The number of amides is 2. The molecule has 6 nitrogen and oxygen atoms in total. The summed E-state index contributed by atoms with van der Waals surface area (Å²) in [5.41, 5.74) is 3.58. The predicted octanol–water partition coefficient (Wildman–Crippen LogP) is 3.59. The monoisotopic (exact) mass is 364 g/mol. The van der Waals surface area contributed by atoms with Gasteiger partial charge in [0.1, 0.15) is 0 Å². The second kappa shape index (κ2) is 7.61. The fourth-order valence-electron chi connectivity index (χ4n) is 2.79. The van der Waals surface area contributed by atoms with E-state index in [4.69, 9.17) is 0 Å². The minimum absolute atomic E-state index is 0.206. The summed E-state index contributed by atoms with van der Waals surface area (Å²) in [5.74, 6) is -0.101. The third-order valence-electron chi connectivity index (χ3n) is 4.28. The smallest absolute Gasteiger partial charge is 0.287 e. The zero-order valence-corrected chi connectivity index (χ0v) is 16.0. The second-order valence-corrected chi connectivity index (χ2v) is 7.12. The van der Waals surface area contributed by atoms with Gasteiger partial charge in [-0.3, -0.25) is 14.0 Å². The van der Waals surface area contributed by atoms with Crippen molar-refractivity contribution < 1.29 is 9.59 Å². The molecule has 0 bridgehead atoms. The second-order valence-electron chi connectivity index (χ2n) is 7.12.